The van der Waals surface area contributed by atoms with Gasteiger partial charge in [-0.25, -0.2) is 9.97 Å². The van der Waals surface area contributed by atoms with Crippen molar-refractivity contribution in [1.82, 2.24) is 14.5 Å². The van der Waals surface area contributed by atoms with E-state index in [0.29, 0.717) is 0 Å². The minimum Gasteiger partial charge on any atom is -0.309 e. The minimum absolute atomic E-state index is 0.177. The Balaban J connectivity index is 1.22. The molecule has 2 heterocycles. The molecule has 0 aliphatic heterocycles. The molecule has 3 heteroatoms. The van der Waals surface area contributed by atoms with Crippen LogP contribution in [0.2, 0.25) is 0 Å². The quantitative estimate of drug-likeness (QED) is 0.190. The minimum atomic E-state index is -0.675. The van der Waals surface area contributed by atoms with Gasteiger partial charge in [0, 0.05) is 33.5 Å². The molecule has 0 N–H and O–H groups in total. The third kappa shape index (κ3) is 3.89. The van der Waals surface area contributed by atoms with Crippen LogP contribution in [0, 0.1) is 0 Å². The lowest BCUT2D eigenvalue weighted by atomic mass is 9.52. The Bertz CT molecular complexity index is 2700. The summed E-state index contributed by atoms with van der Waals surface area (Å²) >= 11 is 0. The number of rotatable bonds is 4. The molecule has 0 radical (unpaired) electrons. The van der Waals surface area contributed by atoms with Crippen molar-refractivity contribution in [1.29, 1.82) is 0 Å². The van der Waals surface area contributed by atoms with E-state index in [4.69, 9.17) is 9.97 Å². The molecule has 0 saturated carbocycles. The second kappa shape index (κ2) is 10.7. The van der Waals surface area contributed by atoms with E-state index in [1.807, 2.05) is 0 Å². The highest BCUT2D eigenvalue weighted by Gasteiger charge is 2.54. The fourth-order valence-electron chi connectivity index (χ4n) is 9.08. The molecule has 51 heavy (non-hydrogen) atoms. The molecule has 3 aliphatic carbocycles. The van der Waals surface area contributed by atoms with E-state index in [0.717, 1.165) is 34.0 Å². The molecule has 9 aromatic rings. The maximum absolute atomic E-state index is 5.65. The van der Waals surface area contributed by atoms with E-state index in [-0.39, 0.29) is 5.92 Å². The highest BCUT2D eigenvalue weighted by molar-refractivity contribution is 6.10. The lowest BCUT2D eigenvalue weighted by molar-refractivity contribution is 0.594. The molecule has 2 aromatic heterocycles. The summed E-state index contributed by atoms with van der Waals surface area (Å²) in [7, 11) is 0. The van der Waals surface area contributed by atoms with Gasteiger partial charge >= 0.3 is 0 Å². The molecular weight excluding hydrogens is 619 g/mol. The first-order chi connectivity index (χ1) is 25.3. The van der Waals surface area contributed by atoms with Crippen molar-refractivity contribution in [2.45, 2.75) is 11.3 Å². The molecule has 12 rings (SSSR count). The monoisotopic (exact) mass is 649 g/mol. The van der Waals surface area contributed by atoms with Gasteiger partial charge in [-0.1, -0.05) is 146 Å². The SMILES string of the molecule is c1ccc(-c2cc(-c3ccc4c(c3)c3ccccc3n4-c3ccccc3)nc(C34c5ccccc5C(c5ccccc53)c3ccccc34)n2)cc1. The molecular formula is C48H31N3. The Morgan fingerprint density at radius 3 is 1.57 bits per heavy atom. The van der Waals surface area contributed by atoms with E-state index in [2.05, 4.69) is 187 Å². The van der Waals surface area contributed by atoms with Gasteiger partial charge in [0.15, 0.2) is 0 Å². The summed E-state index contributed by atoms with van der Waals surface area (Å²) < 4.78 is 2.36. The molecule has 3 nitrogen and oxygen atoms in total. The second-order valence-corrected chi connectivity index (χ2v) is 13.7. The summed E-state index contributed by atoms with van der Waals surface area (Å²) in [4.78, 5) is 11.2. The molecule has 0 atom stereocenters. The van der Waals surface area contributed by atoms with Crippen LogP contribution in [0.4, 0.5) is 0 Å². The standard InChI is InChI=1S/C48H31N3/c1-3-15-31(16-4-1)42-30-43(32-27-28-45-38(29-32)34-19-10-14-26-44(34)51(45)33-17-5-2-6-18-33)50-47(49-42)48-39-23-11-7-20-35(39)46(36-21-8-12-24-40(36)48)37-22-9-13-25-41(37)48/h1-30,46H. The Hall–Kier alpha value is -6.58. The van der Waals surface area contributed by atoms with Crippen molar-refractivity contribution < 1.29 is 0 Å². The third-order valence-electron chi connectivity index (χ3n) is 11.1. The van der Waals surface area contributed by atoms with Crippen LogP contribution >= 0.6 is 0 Å². The predicted octanol–water partition coefficient (Wildman–Crippen LogP) is 11.1. The number of hydrogen-bond acceptors (Lipinski definition) is 2. The first-order valence-corrected chi connectivity index (χ1v) is 17.6. The van der Waals surface area contributed by atoms with Crippen LogP contribution in [0.5, 0.6) is 0 Å². The maximum Gasteiger partial charge on any atom is 0.149 e. The highest BCUT2D eigenvalue weighted by atomic mass is 15.0. The topological polar surface area (TPSA) is 30.7 Å². The van der Waals surface area contributed by atoms with Crippen LogP contribution in [0.25, 0.3) is 50.0 Å². The van der Waals surface area contributed by atoms with Gasteiger partial charge in [-0.2, -0.15) is 0 Å². The van der Waals surface area contributed by atoms with Crippen LogP contribution in [0.3, 0.4) is 0 Å². The lowest BCUT2D eigenvalue weighted by Gasteiger charge is -2.49. The van der Waals surface area contributed by atoms with Gasteiger partial charge in [0.05, 0.1) is 22.4 Å². The number of hydrogen-bond donors (Lipinski definition) is 0. The average Bonchev–Trinajstić information content (AvgIpc) is 3.55. The summed E-state index contributed by atoms with van der Waals surface area (Å²) in [5.74, 6) is 0.979. The Labute approximate surface area is 296 Å². The number of nitrogens with zero attached hydrogens (tertiary/aromatic N) is 3. The van der Waals surface area contributed by atoms with Crippen molar-refractivity contribution in [3.05, 3.63) is 221 Å². The molecule has 0 spiro atoms. The van der Waals surface area contributed by atoms with Crippen LogP contribution in [0.15, 0.2) is 182 Å². The highest BCUT2D eigenvalue weighted by Crippen LogP contribution is 2.61. The van der Waals surface area contributed by atoms with Gasteiger partial charge in [0.2, 0.25) is 0 Å². The Morgan fingerprint density at radius 1 is 0.412 bits per heavy atom. The van der Waals surface area contributed by atoms with Crippen LogP contribution in [-0.4, -0.2) is 14.5 Å². The summed E-state index contributed by atoms with van der Waals surface area (Å²) in [5.41, 5.74) is 14.6. The molecule has 0 amide bonds. The summed E-state index contributed by atoms with van der Waals surface area (Å²) in [6.45, 7) is 0. The molecule has 3 aliphatic rings. The third-order valence-corrected chi connectivity index (χ3v) is 11.1. The molecule has 2 bridgehead atoms. The molecule has 7 aromatic carbocycles. The van der Waals surface area contributed by atoms with E-state index < -0.39 is 5.41 Å². The van der Waals surface area contributed by atoms with Gasteiger partial charge in [0.25, 0.3) is 0 Å². The van der Waals surface area contributed by atoms with Crippen molar-refractivity contribution in [2.24, 2.45) is 0 Å². The maximum atomic E-state index is 5.65. The van der Waals surface area contributed by atoms with E-state index in [1.165, 1.54) is 55.2 Å². The van der Waals surface area contributed by atoms with E-state index in [9.17, 15) is 0 Å². The first-order valence-electron chi connectivity index (χ1n) is 17.6. The van der Waals surface area contributed by atoms with Crippen LogP contribution < -0.4 is 0 Å². The van der Waals surface area contributed by atoms with Gasteiger partial charge in [-0.3, -0.25) is 0 Å². The van der Waals surface area contributed by atoms with E-state index >= 15 is 0 Å². The zero-order valence-electron chi connectivity index (χ0n) is 27.7. The van der Waals surface area contributed by atoms with Crippen molar-refractivity contribution >= 4 is 21.8 Å². The summed E-state index contributed by atoms with van der Waals surface area (Å²) in [5, 5.41) is 2.42. The number of benzene rings is 7. The normalized spacial score (nSPS) is 16.9. The van der Waals surface area contributed by atoms with Gasteiger partial charge in [-0.05, 0) is 69.8 Å². The number of para-hydroxylation sites is 2. The first kappa shape index (κ1) is 28.3. The van der Waals surface area contributed by atoms with Crippen molar-refractivity contribution in [3.8, 4) is 28.2 Å². The Morgan fingerprint density at radius 2 is 0.922 bits per heavy atom. The van der Waals surface area contributed by atoms with Crippen LogP contribution in [0.1, 0.15) is 45.1 Å². The lowest BCUT2D eigenvalue weighted by Crippen LogP contribution is -2.44. The predicted molar refractivity (Wildman–Crippen MR) is 206 cm³/mol. The van der Waals surface area contributed by atoms with Crippen molar-refractivity contribution in [3.63, 3.8) is 0 Å². The average molecular weight is 650 g/mol. The molecule has 0 unspecified atom stereocenters. The summed E-state index contributed by atoms with van der Waals surface area (Å²) in [6.07, 6.45) is 0. The van der Waals surface area contributed by atoms with Gasteiger partial charge in [-0.15, -0.1) is 0 Å². The summed E-state index contributed by atoms with van der Waals surface area (Å²) in [6, 6.07) is 65.7. The largest absolute Gasteiger partial charge is 0.309 e. The molecule has 0 fully saturated rings. The number of fused-ring (bicyclic) bond motifs is 3. The van der Waals surface area contributed by atoms with Gasteiger partial charge < -0.3 is 4.57 Å². The fraction of sp³-hybridized carbons (Fsp3) is 0.0417. The van der Waals surface area contributed by atoms with Gasteiger partial charge in [0.1, 0.15) is 11.2 Å². The zero-order chi connectivity index (χ0) is 33.5. The van der Waals surface area contributed by atoms with Crippen molar-refractivity contribution in [2.75, 3.05) is 0 Å². The zero-order valence-corrected chi connectivity index (χ0v) is 27.7. The smallest absolute Gasteiger partial charge is 0.149 e. The number of aromatic nitrogens is 3. The molecule has 0 saturated heterocycles. The van der Waals surface area contributed by atoms with E-state index in [1.54, 1.807) is 0 Å². The Kier molecular flexibility index (Phi) is 5.94. The second-order valence-electron chi connectivity index (χ2n) is 13.7. The fourth-order valence-corrected chi connectivity index (χ4v) is 9.08. The molecule has 238 valence electrons. The van der Waals surface area contributed by atoms with Crippen LogP contribution in [-0.2, 0) is 5.41 Å².